The molecule has 7 nitrogen and oxygen atoms in total. The molecule has 0 radical (unpaired) electrons. The highest BCUT2D eigenvalue weighted by Gasteiger charge is 2.13. The van der Waals surface area contributed by atoms with Crippen LogP contribution in [0.15, 0.2) is 65.7 Å². The number of hydrogen-bond acceptors (Lipinski definition) is 7. The molecule has 0 fully saturated rings. The van der Waals surface area contributed by atoms with Gasteiger partial charge in [0.05, 0.1) is 16.0 Å². The lowest BCUT2D eigenvalue weighted by Gasteiger charge is -2.03. The molecule has 148 valence electrons. The SMILES string of the molecule is O=C(CSc1ccc2nnc(-c3cccc(F)c3)n2n1)Nc1nc2ccccc2s1. The van der Waals surface area contributed by atoms with E-state index >= 15 is 0 Å². The molecule has 3 aromatic heterocycles. The van der Waals surface area contributed by atoms with Crippen molar-refractivity contribution >= 4 is 50.0 Å². The van der Waals surface area contributed by atoms with E-state index in [4.69, 9.17) is 0 Å². The van der Waals surface area contributed by atoms with Gasteiger partial charge in [0, 0.05) is 5.56 Å². The molecule has 5 aromatic rings. The number of aromatic nitrogens is 5. The highest BCUT2D eigenvalue weighted by molar-refractivity contribution is 7.99. The summed E-state index contributed by atoms with van der Waals surface area (Å²) in [6.45, 7) is 0. The number of benzene rings is 2. The minimum Gasteiger partial charge on any atom is -0.301 e. The van der Waals surface area contributed by atoms with Crippen LogP contribution in [-0.2, 0) is 4.79 Å². The van der Waals surface area contributed by atoms with Crippen molar-refractivity contribution in [2.24, 2.45) is 0 Å². The van der Waals surface area contributed by atoms with E-state index in [-0.39, 0.29) is 17.5 Å². The maximum absolute atomic E-state index is 13.6. The number of nitrogens with one attached hydrogen (secondary N) is 1. The van der Waals surface area contributed by atoms with Crippen molar-refractivity contribution in [3.63, 3.8) is 0 Å². The first-order valence-electron chi connectivity index (χ1n) is 8.92. The zero-order chi connectivity index (χ0) is 20.5. The average Bonchev–Trinajstić information content (AvgIpc) is 3.35. The Morgan fingerprint density at radius 3 is 2.87 bits per heavy atom. The Labute approximate surface area is 178 Å². The second kappa shape index (κ2) is 7.81. The van der Waals surface area contributed by atoms with Crippen molar-refractivity contribution in [1.29, 1.82) is 0 Å². The second-order valence-corrected chi connectivity index (χ2v) is 8.33. The normalized spacial score (nSPS) is 11.2. The minimum atomic E-state index is -0.360. The zero-order valence-electron chi connectivity index (χ0n) is 15.3. The van der Waals surface area contributed by atoms with E-state index in [1.165, 1.54) is 35.2 Å². The number of nitrogens with zero attached hydrogens (tertiary/aromatic N) is 5. The standard InChI is InChI=1S/C20H13FN6OS2/c21-13-5-3-4-12(10-13)19-25-24-16-8-9-18(26-27(16)19)29-11-17(28)23-20-22-14-6-1-2-7-15(14)30-20/h1-10H,11H2,(H,22,23,28). The number of hydrogen-bond donors (Lipinski definition) is 1. The van der Waals surface area contributed by atoms with Gasteiger partial charge in [-0.15, -0.1) is 10.2 Å². The van der Waals surface area contributed by atoms with E-state index < -0.39 is 0 Å². The zero-order valence-corrected chi connectivity index (χ0v) is 17.0. The Kier molecular flexibility index (Phi) is 4.85. The number of fused-ring (bicyclic) bond motifs is 2. The average molecular weight is 436 g/mol. The monoisotopic (exact) mass is 436 g/mol. The lowest BCUT2D eigenvalue weighted by molar-refractivity contribution is -0.113. The molecule has 2 aromatic carbocycles. The maximum Gasteiger partial charge on any atom is 0.236 e. The van der Waals surface area contributed by atoms with Gasteiger partial charge in [0.2, 0.25) is 5.91 Å². The molecule has 1 amide bonds. The van der Waals surface area contributed by atoms with E-state index in [9.17, 15) is 9.18 Å². The minimum absolute atomic E-state index is 0.171. The summed E-state index contributed by atoms with van der Waals surface area (Å²) in [5.41, 5.74) is 1.97. The van der Waals surface area contributed by atoms with Gasteiger partial charge in [0.25, 0.3) is 0 Å². The number of thiazole rings is 1. The van der Waals surface area contributed by atoms with Crippen molar-refractivity contribution in [2.75, 3.05) is 11.1 Å². The van der Waals surface area contributed by atoms with Crippen LogP contribution in [0.1, 0.15) is 0 Å². The number of para-hydroxylation sites is 1. The fourth-order valence-corrected chi connectivity index (χ4v) is 4.41. The van der Waals surface area contributed by atoms with E-state index in [1.807, 2.05) is 24.3 Å². The Balaban J connectivity index is 1.31. The quantitative estimate of drug-likeness (QED) is 0.414. The highest BCUT2D eigenvalue weighted by Crippen LogP contribution is 2.26. The lowest BCUT2D eigenvalue weighted by atomic mass is 10.2. The topological polar surface area (TPSA) is 85.1 Å². The molecular weight excluding hydrogens is 423 g/mol. The first-order valence-corrected chi connectivity index (χ1v) is 10.7. The van der Waals surface area contributed by atoms with Gasteiger partial charge in [0.15, 0.2) is 16.6 Å². The van der Waals surface area contributed by atoms with Gasteiger partial charge in [0.1, 0.15) is 10.8 Å². The van der Waals surface area contributed by atoms with Crippen LogP contribution in [0.3, 0.4) is 0 Å². The molecule has 10 heteroatoms. The Morgan fingerprint density at radius 2 is 2.00 bits per heavy atom. The van der Waals surface area contributed by atoms with Gasteiger partial charge in [-0.25, -0.2) is 9.37 Å². The molecule has 3 heterocycles. The van der Waals surface area contributed by atoms with Gasteiger partial charge in [-0.3, -0.25) is 4.79 Å². The van der Waals surface area contributed by atoms with Gasteiger partial charge in [-0.05, 0) is 36.4 Å². The van der Waals surface area contributed by atoms with E-state index in [0.29, 0.717) is 27.2 Å². The highest BCUT2D eigenvalue weighted by atomic mass is 32.2. The van der Waals surface area contributed by atoms with Crippen LogP contribution in [0, 0.1) is 5.82 Å². The number of halogens is 1. The predicted octanol–water partition coefficient (Wildman–Crippen LogP) is 4.27. The van der Waals surface area contributed by atoms with Crippen LogP contribution in [0.25, 0.3) is 27.3 Å². The summed E-state index contributed by atoms with van der Waals surface area (Å²) in [5, 5.41) is 16.7. The molecule has 0 aliphatic heterocycles. The number of rotatable bonds is 5. The van der Waals surface area contributed by atoms with E-state index in [1.54, 1.807) is 28.8 Å². The fourth-order valence-electron chi connectivity index (χ4n) is 2.88. The van der Waals surface area contributed by atoms with Crippen LogP contribution in [0.2, 0.25) is 0 Å². The molecule has 0 aliphatic rings. The Hall–Kier alpha value is -3.37. The van der Waals surface area contributed by atoms with Crippen molar-refractivity contribution in [3.05, 3.63) is 66.5 Å². The third-order valence-corrected chi connectivity index (χ3v) is 6.08. The molecular formula is C20H13FN6OS2. The molecule has 1 N–H and O–H groups in total. The van der Waals surface area contributed by atoms with Gasteiger partial charge < -0.3 is 5.32 Å². The molecule has 0 saturated carbocycles. The lowest BCUT2D eigenvalue weighted by Crippen LogP contribution is -2.14. The molecule has 0 spiro atoms. The van der Waals surface area contributed by atoms with Gasteiger partial charge >= 0.3 is 0 Å². The third-order valence-electron chi connectivity index (χ3n) is 4.21. The number of carbonyl (C=O) groups is 1. The molecule has 0 aliphatic carbocycles. The van der Waals surface area contributed by atoms with Gasteiger partial charge in [-0.2, -0.15) is 9.61 Å². The molecule has 0 atom stereocenters. The summed E-state index contributed by atoms with van der Waals surface area (Å²) in [6, 6.07) is 17.3. The molecule has 0 unspecified atom stereocenters. The molecule has 0 saturated heterocycles. The van der Waals surface area contributed by atoms with Crippen LogP contribution >= 0.6 is 23.1 Å². The maximum atomic E-state index is 13.6. The van der Waals surface area contributed by atoms with E-state index in [2.05, 4.69) is 25.6 Å². The third kappa shape index (κ3) is 3.74. The number of anilines is 1. The molecule has 5 rings (SSSR count). The Bertz CT molecular complexity index is 1350. The smallest absolute Gasteiger partial charge is 0.236 e. The molecule has 30 heavy (non-hydrogen) atoms. The number of amides is 1. The van der Waals surface area contributed by atoms with Crippen LogP contribution in [-0.4, -0.2) is 36.5 Å². The summed E-state index contributed by atoms with van der Waals surface area (Å²) in [4.78, 5) is 16.7. The first-order chi connectivity index (χ1) is 14.7. The van der Waals surface area contributed by atoms with Crippen LogP contribution < -0.4 is 5.32 Å². The summed E-state index contributed by atoms with van der Waals surface area (Å²) < 4.78 is 16.1. The van der Waals surface area contributed by atoms with Crippen LogP contribution in [0.5, 0.6) is 0 Å². The molecule has 0 bridgehead atoms. The summed E-state index contributed by atoms with van der Waals surface area (Å²) in [7, 11) is 0. The van der Waals surface area contributed by atoms with E-state index in [0.717, 1.165) is 10.2 Å². The van der Waals surface area contributed by atoms with Gasteiger partial charge in [-0.1, -0.05) is 47.4 Å². The second-order valence-electron chi connectivity index (χ2n) is 6.30. The largest absolute Gasteiger partial charge is 0.301 e. The Morgan fingerprint density at radius 1 is 1.10 bits per heavy atom. The first kappa shape index (κ1) is 18.6. The summed E-state index contributed by atoms with van der Waals surface area (Å²) >= 11 is 2.71. The van der Waals surface area contributed by atoms with Crippen molar-refractivity contribution in [1.82, 2.24) is 24.8 Å². The number of thioether (sulfide) groups is 1. The predicted molar refractivity (Wildman–Crippen MR) is 115 cm³/mol. The summed E-state index contributed by atoms with van der Waals surface area (Å²) in [5.74, 6) is 0.0773. The summed E-state index contributed by atoms with van der Waals surface area (Å²) in [6.07, 6.45) is 0. The van der Waals surface area contributed by atoms with Crippen molar-refractivity contribution < 1.29 is 9.18 Å². The van der Waals surface area contributed by atoms with Crippen LogP contribution in [0.4, 0.5) is 9.52 Å². The van der Waals surface area contributed by atoms with Crippen molar-refractivity contribution in [2.45, 2.75) is 5.03 Å². The number of carbonyl (C=O) groups excluding carboxylic acids is 1. The fraction of sp³-hybridized carbons (Fsp3) is 0.0500. The van der Waals surface area contributed by atoms with Crippen molar-refractivity contribution in [3.8, 4) is 11.4 Å².